The van der Waals surface area contributed by atoms with Crippen LogP contribution in [-0.2, 0) is 4.79 Å². The normalized spacial score (nSPS) is 6.82. The van der Waals surface area contributed by atoms with Gasteiger partial charge < -0.3 is 4.79 Å². The molecule has 68 valence electrons. The van der Waals surface area contributed by atoms with Crippen LogP contribution in [0.25, 0.3) is 0 Å². The SMILES string of the molecule is CC(C)=O.CC(C)C.CN=O. The van der Waals surface area contributed by atoms with Crippen LogP contribution in [0.15, 0.2) is 5.18 Å². The molecule has 11 heavy (non-hydrogen) atoms. The molecule has 3 nitrogen and oxygen atoms in total. The van der Waals surface area contributed by atoms with Crippen LogP contribution in [0.1, 0.15) is 34.6 Å². The molecule has 0 bridgehead atoms. The van der Waals surface area contributed by atoms with Gasteiger partial charge in [0.2, 0.25) is 0 Å². The highest BCUT2D eigenvalue weighted by Gasteiger charge is 1.68. The molecule has 0 aliphatic heterocycles. The van der Waals surface area contributed by atoms with Gasteiger partial charge >= 0.3 is 0 Å². The molecule has 0 aliphatic rings. The number of nitroso groups, excluding NO2 is 1. The van der Waals surface area contributed by atoms with Crippen molar-refractivity contribution >= 4 is 5.78 Å². The number of nitrogens with zero attached hydrogens (tertiary/aromatic N) is 1. The Morgan fingerprint density at radius 1 is 1.18 bits per heavy atom. The van der Waals surface area contributed by atoms with Gasteiger partial charge in [-0.2, -0.15) is 4.91 Å². The van der Waals surface area contributed by atoms with Gasteiger partial charge in [0.05, 0.1) is 7.05 Å². The van der Waals surface area contributed by atoms with Crippen LogP contribution in [0.3, 0.4) is 0 Å². The molecule has 0 aliphatic carbocycles. The molecule has 0 radical (unpaired) electrons. The summed E-state index contributed by atoms with van der Waals surface area (Å²) in [4.78, 5) is 18.0. The molecule has 3 heteroatoms. The third-order valence-corrected chi connectivity index (χ3v) is 0. The maximum atomic E-state index is 9.44. The second-order valence-corrected chi connectivity index (χ2v) is 2.82. The largest absolute Gasteiger partial charge is 0.300 e. The Bertz CT molecular complexity index is 83.3. The van der Waals surface area contributed by atoms with Gasteiger partial charge in [0.15, 0.2) is 0 Å². The van der Waals surface area contributed by atoms with Crippen molar-refractivity contribution in [3.8, 4) is 0 Å². The van der Waals surface area contributed by atoms with E-state index in [2.05, 4.69) is 25.9 Å². The van der Waals surface area contributed by atoms with Gasteiger partial charge in [-0.05, 0) is 19.8 Å². The molecular weight excluding hydrogens is 142 g/mol. The Balaban J connectivity index is -0.0000000886. The molecule has 0 aromatic carbocycles. The van der Waals surface area contributed by atoms with Gasteiger partial charge in [0, 0.05) is 0 Å². The predicted molar refractivity (Wildman–Crippen MR) is 48.6 cm³/mol. The van der Waals surface area contributed by atoms with Gasteiger partial charge in [-0.15, -0.1) is 0 Å². The highest BCUT2D eigenvalue weighted by Crippen LogP contribution is 1.81. The topological polar surface area (TPSA) is 46.5 Å². The van der Waals surface area contributed by atoms with E-state index >= 15 is 0 Å². The van der Waals surface area contributed by atoms with E-state index in [0.717, 1.165) is 5.92 Å². The summed E-state index contributed by atoms with van der Waals surface area (Å²) in [5, 5.41) is 2.25. The van der Waals surface area contributed by atoms with Crippen molar-refractivity contribution in [1.29, 1.82) is 0 Å². The summed E-state index contributed by atoms with van der Waals surface area (Å²) in [5.41, 5.74) is 0. The van der Waals surface area contributed by atoms with Crippen molar-refractivity contribution in [2.45, 2.75) is 34.6 Å². The zero-order valence-corrected chi connectivity index (χ0v) is 8.34. The highest BCUT2D eigenvalue weighted by atomic mass is 16.2. The molecule has 0 amide bonds. The summed E-state index contributed by atoms with van der Waals surface area (Å²) in [6.07, 6.45) is 0. The second kappa shape index (κ2) is 16.1. The monoisotopic (exact) mass is 161 g/mol. The van der Waals surface area contributed by atoms with Crippen LogP contribution >= 0.6 is 0 Å². The van der Waals surface area contributed by atoms with E-state index in [4.69, 9.17) is 4.91 Å². The smallest absolute Gasteiger partial charge is 0.126 e. The van der Waals surface area contributed by atoms with E-state index in [9.17, 15) is 4.79 Å². The van der Waals surface area contributed by atoms with E-state index in [1.807, 2.05) is 0 Å². The average molecular weight is 161 g/mol. The van der Waals surface area contributed by atoms with Crippen LogP contribution in [0, 0.1) is 10.8 Å². The standard InChI is InChI=1S/C4H10.C3H6O.CH3NO/c1-4(2)3;1-3(2)4;1-2-3/h4H,1-3H3;1-2H3;1H3. The summed E-state index contributed by atoms with van der Waals surface area (Å²) in [6.45, 7) is 9.56. The minimum atomic E-state index is 0.167. The van der Waals surface area contributed by atoms with Crippen molar-refractivity contribution < 1.29 is 4.79 Å². The molecule has 0 heterocycles. The van der Waals surface area contributed by atoms with Crippen LogP contribution in [-0.4, -0.2) is 12.8 Å². The lowest BCUT2D eigenvalue weighted by atomic mass is 10.3. The van der Waals surface area contributed by atoms with E-state index < -0.39 is 0 Å². The Morgan fingerprint density at radius 3 is 1.18 bits per heavy atom. The van der Waals surface area contributed by atoms with Crippen molar-refractivity contribution in [2.24, 2.45) is 11.1 Å². The lowest BCUT2D eigenvalue weighted by Crippen LogP contribution is -1.69. The molecule has 0 unspecified atom stereocenters. The Morgan fingerprint density at radius 2 is 1.18 bits per heavy atom. The zero-order valence-electron chi connectivity index (χ0n) is 8.34. The first-order chi connectivity index (χ1) is 4.88. The molecule has 0 rings (SSSR count). The summed E-state index contributed by atoms with van der Waals surface area (Å²) in [6, 6.07) is 0. The van der Waals surface area contributed by atoms with Crippen molar-refractivity contribution in [3.05, 3.63) is 4.91 Å². The van der Waals surface area contributed by atoms with Crippen molar-refractivity contribution in [2.75, 3.05) is 7.05 Å². The molecule has 0 saturated carbocycles. The fourth-order valence-corrected chi connectivity index (χ4v) is 0. The quantitative estimate of drug-likeness (QED) is 0.513. The number of ketones is 1. The lowest BCUT2D eigenvalue weighted by molar-refractivity contribution is -0.114. The van der Waals surface area contributed by atoms with Crippen LogP contribution in [0.2, 0.25) is 0 Å². The molecule has 0 saturated heterocycles. The Hall–Kier alpha value is -0.730. The summed E-state index contributed by atoms with van der Waals surface area (Å²) >= 11 is 0. The number of Topliss-reactive ketones (excluding diaryl/α,β-unsaturated/α-hetero) is 1. The van der Waals surface area contributed by atoms with Crippen LogP contribution < -0.4 is 0 Å². The Kier molecular flexibility index (Phi) is 24.5. The molecular formula is C8H19NO2. The molecule has 0 fully saturated rings. The second-order valence-electron chi connectivity index (χ2n) is 2.82. The van der Waals surface area contributed by atoms with Crippen LogP contribution in [0.5, 0.6) is 0 Å². The van der Waals surface area contributed by atoms with E-state index in [-0.39, 0.29) is 5.78 Å². The van der Waals surface area contributed by atoms with E-state index in [1.165, 1.54) is 20.9 Å². The fraction of sp³-hybridized carbons (Fsp3) is 0.875. The highest BCUT2D eigenvalue weighted by molar-refractivity contribution is 5.72. The summed E-state index contributed by atoms with van der Waals surface area (Å²) in [5.74, 6) is 1.00. The Labute approximate surface area is 69.2 Å². The number of rotatable bonds is 0. The molecule has 0 atom stereocenters. The van der Waals surface area contributed by atoms with E-state index in [0.29, 0.717) is 0 Å². The van der Waals surface area contributed by atoms with Gasteiger partial charge in [-0.25, -0.2) is 0 Å². The number of hydrogen-bond donors (Lipinski definition) is 0. The first-order valence-corrected chi connectivity index (χ1v) is 3.57. The first kappa shape index (κ1) is 16.7. The fourth-order valence-electron chi connectivity index (χ4n) is 0. The number of carbonyl (C=O) groups is 1. The summed E-state index contributed by atoms with van der Waals surface area (Å²) < 4.78 is 0. The predicted octanol–water partition coefficient (Wildman–Crippen LogP) is 2.64. The third kappa shape index (κ3) is 919. The van der Waals surface area contributed by atoms with Gasteiger partial charge in [-0.1, -0.05) is 25.9 Å². The molecule has 0 aromatic rings. The molecule has 0 aromatic heterocycles. The van der Waals surface area contributed by atoms with Gasteiger partial charge in [-0.3, -0.25) is 0 Å². The number of hydrogen-bond acceptors (Lipinski definition) is 3. The van der Waals surface area contributed by atoms with E-state index in [1.54, 1.807) is 0 Å². The molecule has 0 N–H and O–H groups in total. The zero-order chi connectivity index (χ0) is 9.86. The minimum Gasteiger partial charge on any atom is -0.300 e. The van der Waals surface area contributed by atoms with Crippen molar-refractivity contribution in [3.63, 3.8) is 0 Å². The van der Waals surface area contributed by atoms with Gasteiger partial charge in [0.25, 0.3) is 0 Å². The van der Waals surface area contributed by atoms with Gasteiger partial charge in [0.1, 0.15) is 5.78 Å². The van der Waals surface area contributed by atoms with Crippen LogP contribution in [0.4, 0.5) is 0 Å². The first-order valence-electron chi connectivity index (χ1n) is 3.57. The maximum Gasteiger partial charge on any atom is 0.126 e. The molecule has 0 spiro atoms. The summed E-state index contributed by atoms with van der Waals surface area (Å²) in [7, 11) is 1.19. The minimum absolute atomic E-state index is 0.167. The number of carbonyl (C=O) groups excluding carboxylic acids is 1. The third-order valence-electron chi connectivity index (χ3n) is 0. The maximum absolute atomic E-state index is 9.44. The van der Waals surface area contributed by atoms with Crippen molar-refractivity contribution in [1.82, 2.24) is 0 Å². The lowest BCUT2D eigenvalue weighted by Gasteiger charge is -1.79. The average Bonchev–Trinajstić information content (AvgIpc) is 1.60.